The minimum Gasteiger partial charge on any atom is -0.481 e. The van der Waals surface area contributed by atoms with Gasteiger partial charge >= 0.3 is 5.97 Å². The smallest absolute Gasteiger partial charge is 0.303 e. The lowest BCUT2D eigenvalue weighted by Gasteiger charge is -2.23. The van der Waals surface area contributed by atoms with Crippen LogP contribution >= 0.6 is 0 Å². The molecule has 3 heteroatoms. The van der Waals surface area contributed by atoms with Gasteiger partial charge in [-0.15, -0.1) is 0 Å². The molecule has 0 atom stereocenters. The van der Waals surface area contributed by atoms with Crippen LogP contribution in [-0.4, -0.2) is 43.2 Å². The summed E-state index contributed by atoms with van der Waals surface area (Å²) >= 11 is 0. The Morgan fingerprint density at radius 1 is 0.875 bits per heavy atom. The van der Waals surface area contributed by atoms with Gasteiger partial charge in [-0.1, -0.05) is 25.7 Å². The van der Waals surface area contributed by atoms with Gasteiger partial charge in [0.25, 0.3) is 0 Å². The summed E-state index contributed by atoms with van der Waals surface area (Å²) in [6.07, 6.45) is 8.62. The van der Waals surface area contributed by atoms with Crippen molar-refractivity contribution >= 4 is 5.97 Å². The van der Waals surface area contributed by atoms with Gasteiger partial charge in [-0.3, -0.25) is 4.79 Å². The molecule has 1 N–H and O–H groups in total. The highest BCUT2D eigenvalue weighted by molar-refractivity contribution is 5.66. The number of unbranched alkanes of at least 4 members (excludes halogenated alkanes) is 6. The molecule has 16 heavy (non-hydrogen) atoms. The first kappa shape index (κ1) is 15.4. The highest BCUT2D eigenvalue weighted by atomic mass is 16.4. The van der Waals surface area contributed by atoms with Crippen LogP contribution in [0.1, 0.15) is 51.4 Å². The minimum absolute atomic E-state index is 0.335. The molecule has 0 fully saturated rings. The van der Waals surface area contributed by atoms with Crippen molar-refractivity contribution in [3.63, 3.8) is 0 Å². The molecule has 0 aromatic rings. The van der Waals surface area contributed by atoms with Gasteiger partial charge in [0.2, 0.25) is 0 Å². The van der Waals surface area contributed by atoms with Gasteiger partial charge in [-0.25, -0.2) is 0 Å². The Morgan fingerprint density at radius 2 is 1.31 bits per heavy atom. The van der Waals surface area contributed by atoms with Gasteiger partial charge < -0.3 is 9.59 Å². The predicted molar refractivity (Wildman–Crippen MR) is 67.5 cm³/mol. The van der Waals surface area contributed by atoms with Crippen molar-refractivity contribution in [1.82, 2.24) is 0 Å². The Hall–Kier alpha value is -0.570. The highest BCUT2D eigenvalue weighted by Crippen LogP contribution is 2.09. The monoisotopic (exact) mass is 230 g/mol. The molecule has 0 rings (SSSR count). The summed E-state index contributed by atoms with van der Waals surface area (Å²) in [7, 11) is 6.68. The fourth-order valence-electron chi connectivity index (χ4n) is 1.75. The van der Waals surface area contributed by atoms with Crippen LogP contribution in [0.4, 0.5) is 0 Å². The summed E-state index contributed by atoms with van der Waals surface area (Å²) in [6.45, 7) is 1.25. The molecular weight excluding hydrogens is 202 g/mol. The van der Waals surface area contributed by atoms with Gasteiger partial charge in [0, 0.05) is 6.42 Å². The lowest BCUT2D eigenvalue weighted by atomic mass is 10.1. The van der Waals surface area contributed by atoms with Crippen molar-refractivity contribution in [2.45, 2.75) is 51.4 Å². The summed E-state index contributed by atoms with van der Waals surface area (Å²) in [5, 5.41) is 8.46. The predicted octanol–water partition coefficient (Wildman–Crippen LogP) is 2.90. The van der Waals surface area contributed by atoms with E-state index in [0.29, 0.717) is 6.42 Å². The molecule has 0 bridgehead atoms. The molecule has 0 saturated heterocycles. The van der Waals surface area contributed by atoms with E-state index in [1.165, 1.54) is 38.6 Å². The highest BCUT2D eigenvalue weighted by Gasteiger charge is 2.04. The molecule has 0 heterocycles. The Kier molecular flexibility index (Phi) is 8.26. The summed E-state index contributed by atoms with van der Waals surface area (Å²) in [6, 6.07) is 0. The van der Waals surface area contributed by atoms with E-state index < -0.39 is 5.97 Å². The summed E-state index contributed by atoms with van der Waals surface area (Å²) in [5.41, 5.74) is 0. The van der Waals surface area contributed by atoms with Crippen LogP contribution in [0.15, 0.2) is 0 Å². The molecule has 0 amide bonds. The molecule has 0 aromatic heterocycles. The second-order valence-corrected chi connectivity index (χ2v) is 5.63. The fourth-order valence-corrected chi connectivity index (χ4v) is 1.75. The third-order valence-corrected chi connectivity index (χ3v) is 2.72. The first-order chi connectivity index (χ1) is 7.42. The lowest BCUT2D eigenvalue weighted by Crippen LogP contribution is -2.35. The average molecular weight is 230 g/mol. The van der Waals surface area contributed by atoms with Gasteiger partial charge in [-0.2, -0.15) is 0 Å². The zero-order valence-electron chi connectivity index (χ0n) is 11.2. The van der Waals surface area contributed by atoms with Crippen LogP contribution in [0.2, 0.25) is 0 Å². The van der Waals surface area contributed by atoms with Gasteiger partial charge in [0.1, 0.15) is 0 Å². The number of rotatable bonds is 10. The number of carboxylic acids is 1. The van der Waals surface area contributed by atoms with Crippen LogP contribution in [0.3, 0.4) is 0 Å². The van der Waals surface area contributed by atoms with E-state index in [2.05, 4.69) is 21.1 Å². The molecule has 0 saturated carbocycles. The number of carbonyl (C=O) groups is 1. The van der Waals surface area contributed by atoms with E-state index in [9.17, 15) is 4.79 Å². The Morgan fingerprint density at radius 3 is 1.75 bits per heavy atom. The molecule has 0 aliphatic rings. The maximum Gasteiger partial charge on any atom is 0.303 e. The van der Waals surface area contributed by atoms with E-state index in [1.807, 2.05) is 0 Å². The fraction of sp³-hybridized carbons (Fsp3) is 0.923. The topological polar surface area (TPSA) is 37.3 Å². The van der Waals surface area contributed by atoms with E-state index >= 15 is 0 Å². The standard InChI is InChI=1S/C13H27NO2/c1-14(2,3)12-10-8-6-4-5-7-9-11-13(15)16/h4-12H2,1-3H3/p+1. The van der Waals surface area contributed by atoms with E-state index in [-0.39, 0.29) is 0 Å². The Bertz CT molecular complexity index is 185. The van der Waals surface area contributed by atoms with E-state index in [0.717, 1.165) is 17.3 Å². The molecule has 0 aliphatic carbocycles. The molecule has 0 unspecified atom stereocenters. The van der Waals surface area contributed by atoms with Gasteiger partial charge in [-0.05, 0) is 19.3 Å². The van der Waals surface area contributed by atoms with Crippen LogP contribution in [0.25, 0.3) is 0 Å². The number of carboxylic acid groups (broad SMARTS) is 1. The number of aliphatic carboxylic acids is 1. The van der Waals surface area contributed by atoms with E-state index in [4.69, 9.17) is 5.11 Å². The third-order valence-electron chi connectivity index (χ3n) is 2.72. The molecule has 0 aliphatic heterocycles. The molecule has 3 nitrogen and oxygen atoms in total. The largest absolute Gasteiger partial charge is 0.481 e. The van der Waals surface area contributed by atoms with Crippen LogP contribution < -0.4 is 0 Å². The Balaban J connectivity index is 3.07. The van der Waals surface area contributed by atoms with Crippen LogP contribution in [-0.2, 0) is 4.79 Å². The second kappa shape index (κ2) is 8.57. The molecule has 0 spiro atoms. The summed E-state index contributed by atoms with van der Waals surface area (Å²) in [4.78, 5) is 10.3. The number of hydrogen-bond acceptors (Lipinski definition) is 1. The molecular formula is C13H28NO2+. The zero-order chi connectivity index (χ0) is 12.4. The van der Waals surface area contributed by atoms with Crippen molar-refractivity contribution in [3.05, 3.63) is 0 Å². The lowest BCUT2D eigenvalue weighted by molar-refractivity contribution is -0.870. The number of nitrogens with zero attached hydrogens (tertiary/aromatic N) is 1. The summed E-state index contributed by atoms with van der Waals surface area (Å²) < 4.78 is 1.05. The third kappa shape index (κ3) is 13.4. The average Bonchev–Trinajstić information content (AvgIpc) is 2.13. The summed E-state index contributed by atoms with van der Waals surface area (Å²) in [5.74, 6) is -0.664. The van der Waals surface area contributed by atoms with E-state index in [1.54, 1.807) is 0 Å². The van der Waals surface area contributed by atoms with Crippen molar-refractivity contribution < 1.29 is 14.4 Å². The number of quaternary nitrogens is 1. The van der Waals surface area contributed by atoms with Crippen molar-refractivity contribution in [1.29, 1.82) is 0 Å². The zero-order valence-corrected chi connectivity index (χ0v) is 11.2. The van der Waals surface area contributed by atoms with Gasteiger partial charge in [0.05, 0.1) is 27.7 Å². The SMILES string of the molecule is C[N+](C)(C)CCCCCCCCCC(=O)O. The second-order valence-electron chi connectivity index (χ2n) is 5.63. The Labute approximate surface area is 100 Å². The normalized spacial score (nSPS) is 11.7. The molecule has 0 aromatic carbocycles. The van der Waals surface area contributed by atoms with Crippen LogP contribution in [0.5, 0.6) is 0 Å². The maximum atomic E-state index is 10.3. The molecule has 96 valence electrons. The quantitative estimate of drug-likeness (QED) is 0.463. The van der Waals surface area contributed by atoms with Crippen LogP contribution in [0, 0.1) is 0 Å². The first-order valence-corrected chi connectivity index (χ1v) is 6.44. The minimum atomic E-state index is -0.664. The van der Waals surface area contributed by atoms with Crippen molar-refractivity contribution in [2.24, 2.45) is 0 Å². The molecule has 0 radical (unpaired) electrons. The number of hydrogen-bond donors (Lipinski definition) is 1. The van der Waals surface area contributed by atoms with Crippen molar-refractivity contribution in [3.8, 4) is 0 Å². The maximum absolute atomic E-state index is 10.3. The van der Waals surface area contributed by atoms with Crippen molar-refractivity contribution in [2.75, 3.05) is 27.7 Å². The first-order valence-electron chi connectivity index (χ1n) is 6.44. The van der Waals surface area contributed by atoms with Gasteiger partial charge in [0.15, 0.2) is 0 Å².